The largest absolute Gasteiger partial charge is 0.334 e. The minimum atomic E-state index is -0.210. The van der Waals surface area contributed by atoms with Crippen molar-refractivity contribution in [3.05, 3.63) is 46.4 Å². The Kier molecular flexibility index (Phi) is 3.84. The lowest BCUT2D eigenvalue weighted by molar-refractivity contribution is -0.883. The van der Waals surface area contributed by atoms with E-state index in [0.717, 1.165) is 13.1 Å². The average Bonchev–Trinajstić information content (AvgIpc) is 2.65. The third-order valence-corrected chi connectivity index (χ3v) is 5.13. The van der Waals surface area contributed by atoms with E-state index in [-0.39, 0.29) is 11.5 Å². The van der Waals surface area contributed by atoms with E-state index in [1.54, 1.807) is 40.9 Å². The van der Waals surface area contributed by atoms with Crippen molar-refractivity contribution < 1.29 is 14.3 Å². The number of carbonyl (C=O) groups excluding carboxylic acids is 1. The highest BCUT2D eigenvalue weighted by Crippen LogP contribution is 2.16. The summed E-state index contributed by atoms with van der Waals surface area (Å²) >= 11 is 0. The van der Waals surface area contributed by atoms with Gasteiger partial charge < -0.3 is 15.5 Å². The van der Waals surface area contributed by atoms with E-state index in [2.05, 4.69) is 12.0 Å². The van der Waals surface area contributed by atoms with Crippen molar-refractivity contribution >= 4 is 28.4 Å². The molecule has 1 fully saturated rings. The molecule has 3 aromatic rings. The molecule has 1 saturated heterocycles. The van der Waals surface area contributed by atoms with Gasteiger partial charge >= 0.3 is 0 Å². The van der Waals surface area contributed by atoms with Crippen LogP contribution in [0.25, 0.3) is 16.7 Å². The molecule has 1 aliphatic rings. The quantitative estimate of drug-likeness (QED) is 0.400. The van der Waals surface area contributed by atoms with Gasteiger partial charge in [0.1, 0.15) is 10.9 Å². The van der Waals surface area contributed by atoms with Crippen molar-refractivity contribution in [3.8, 4) is 0 Å². The summed E-state index contributed by atoms with van der Waals surface area (Å²) in [5.41, 5.74) is 7.40. The predicted molar refractivity (Wildman–Crippen MR) is 97.1 cm³/mol. The van der Waals surface area contributed by atoms with E-state index in [0.29, 0.717) is 41.2 Å². The van der Waals surface area contributed by atoms with Gasteiger partial charge in [0, 0.05) is 6.20 Å². The number of pyridine rings is 2. The molecular weight excluding hydrogens is 332 g/mol. The van der Waals surface area contributed by atoms with Gasteiger partial charge in [-0.25, -0.2) is 4.57 Å². The van der Waals surface area contributed by atoms with E-state index in [1.807, 2.05) is 6.07 Å². The third kappa shape index (κ3) is 2.50. The number of fused-ring (bicyclic) bond motifs is 2. The van der Waals surface area contributed by atoms with Crippen LogP contribution < -0.4 is 20.8 Å². The van der Waals surface area contributed by atoms with Gasteiger partial charge in [0.25, 0.3) is 17.1 Å². The fourth-order valence-corrected chi connectivity index (χ4v) is 3.42. The monoisotopic (exact) mass is 354 g/mol. The number of rotatable bonds is 1. The summed E-state index contributed by atoms with van der Waals surface area (Å²) in [5.74, 6) is 0.186. The first-order chi connectivity index (χ1) is 12.5. The Morgan fingerprint density at radius 3 is 2.77 bits per heavy atom. The van der Waals surface area contributed by atoms with Crippen LogP contribution in [0, 0.1) is 0 Å². The Morgan fingerprint density at radius 1 is 1.31 bits per heavy atom. The molecule has 4 rings (SSSR count). The average molecular weight is 354 g/mol. The zero-order valence-corrected chi connectivity index (χ0v) is 14.9. The molecule has 0 unspecified atom stereocenters. The molecule has 0 aliphatic carbocycles. The van der Waals surface area contributed by atoms with Gasteiger partial charge in [0.2, 0.25) is 11.5 Å². The maximum atomic E-state index is 13.0. The van der Waals surface area contributed by atoms with Crippen LogP contribution in [0.3, 0.4) is 0 Å². The smallest absolute Gasteiger partial charge is 0.278 e. The number of anilines is 1. The predicted octanol–water partition coefficient (Wildman–Crippen LogP) is -1.78. The normalized spacial score (nSPS) is 15.7. The number of nitrogens with zero attached hydrogens (tertiary/aromatic N) is 4. The van der Waals surface area contributed by atoms with Gasteiger partial charge in [0.05, 0.1) is 40.3 Å². The van der Waals surface area contributed by atoms with E-state index in [4.69, 9.17) is 5.73 Å². The second-order valence-corrected chi connectivity index (χ2v) is 6.83. The number of amides is 1. The standard InChI is InChI=1S/C18H20N6O2/c1-21-7-9-23(10-8-21)17(25)12-11-13-16(22(2)15(12)19)20-14-5-3-4-6-24(14)18(13)26/h3-6,11,19H,7-10H2,1-2H3/p+2. The number of piperazine rings is 1. The van der Waals surface area contributed by atoms with Crippen LogP contribution in [-0.4, -0.2) is 53.4 Å². The molecule has 0 radical (unpaired) electrons. The lowest BCUT2D eigenvalue weighted by atomic mass is 10.1. The minimum Gasteiger partial charge on any atom is -0.334 e. The summed E-state index contributed by atoms with van der Waals surface area (Å²) in [6.07, 6.45) is 1.67. The maximum absolute atomic E-state index is 13.0. The summed E-state index contributed by atoms with van der Waals surface area (Å²) in [4.78, 5) is 33.6. The number of nitrogens with one attached hydrogen (secondary N) is 1. The maximum Gasteiger partial charge on any atom is 0.278 e. The van der Waals surface area contributed by atoms with Crippen molar-refractivity contribution in [2.75, 3.05) is 39.0 Å². The van der Waals surface area contributed by atoms with Crippen LogP contribution in [0.1, 0.15) is 10.4 Å². The van der Waals surface area contributed by atoms with Crippen LogP contribution >= 0.6 is 0 Å². The lowest BCUT2D eigenvalue weighted by Gasteiger charge is -2.30. The second-order valence-electron chi connectivity index (χ2n) is 6.83. The molecular formula is C18H22N6O2+2. The Labute approximate surface area is 150 Å². The van der Waals surface area contributed by atoms with E-state index in [1.165, 1.54) is 9.30 Å². The molecule has 0 spiro atoms. The first kappa shape index (κ1) is 16.5. The second kappa shape index (κ2) is 6.06. The molecule has 0 atom stereocenters. The van der Waals surface area contributed by atoms with Gasteiger partial charge in [-0.2, -0.15) is 0 Å². The van der Waals surface area contributed by atoms with Gasteiger partial charge in [-0.05, 0) is 18.2 Å². The zero-order chi connectivity index (χ0) is 18.4. The Hall–Kier alpha value is -3.00. The molecule has 1 aliphatic heterocycles. The van der Waals surface area contributed by atoms with Crippen LogP contribution in [0.4, 0.5) is 5.82 Å². The Bertz CT molecular complexity index is 1080. The molecule has 8 nitrogen and oxygen atoms in total. The fourth-order valence-electron chi connectivity index (χ4n) is 3.42. The number of aromatic nitrogens is 3. The number of quaternary nitrogens is 1. The molecule has 0 aromatic carbocycles. The number of hydrogen-bond donors (Lipinski definition) is 2. The summed E-state index contributed by atoms with van der Waals surface area (Å²) in [6.45, 7) is 3.17. The van der Waals surface area contributed by atoms with Crippen LogP contribution in [0.5, 0.6) is 0 Å². The van der Waals surface area contributed by atoms with E-state index >= 15 is 0 Å². The van der Waals surface area contributed by atoms with Crippen molar-refractivity contribution in [1.29, 1.82) is 0 Å². The first-order valence-electron chi connectivity index (χ1n) is 8.67. The van der Waals surface area contributed by atoms with Crippen molar-refractivity contribution in [2.24, 2.45) is 7.05 Å². The molecule has 0 bridgehead atoms. The van der Waals surface area contributed by atoms with Crippen LogP contribution in [-0.2, 0) is 7.05 Å². The first-order valence-corrected chi connectivity index (χ1v) is 8.67. The van der Waals surface area contributed by atoms with Crippen molar-refractivity contribution in [2.45, 2.75) is 0 Å². The van der Waals surface area contributed by atoms with Gasteiger partial charge in [-0.15, -0.1) is 0 Å². The van der Waals surface area contributed by atoms with Gasteiger partial charge in [-0.1, -0.05) is 11.1 Å². The number of nitrogen functional groups attached to an aromatic ring is 1. The molecule has 4 heterocycles. The minimum absolute atomic E-state index is 0.134. The fraction of sp³-hybridized carbons (Fsp3) is 0.333. The number of aryl methyl sites for hydroxylation is 1. The van der Waals surface area contributed by atoms with E-state index < -0.39 is 0 Å². The number of likely N-dealkylation sites (N-methyl/N-ethyl adjacent to an activating group) is 1. The highest BCUT2D eigenvalue weighted by molar-refractivity contribution is 6.00. The molecule has 3 N–H and O–H groups in total. The van der Waals surface area contributed by atoms with Gasteiger partial charge in [0.15, 0.2) is 0 Å². The van der Waals surface area contributed by atoms with Crippen molar-refractivity contribution in [3.63, 3.8) is 0 Å². The Morgan fingerprint density at radius 2 is 2.04 bits per heavy atom. The third-order valence-electron chi connectivity index (χ3n) is 5.13. The number of nitrogens with two attached hydrogens (primary N) is 1. The summed E-state index contributed by atoms with van der Waals surface area (Å²) in [5, 5.41) is 0.383. The molecule has 26 heavy (non-hydrogen) atoms. The van der Waals surface area contributed by atoms with Gasteiger partial charge in [-0.3, -0.25) is 14.0 Å². The molecule has 134 valence electrons. The van der Waals surface area contributed by atoms with Crippen LogP contribution in [0.15, 0.2) is 35.3 Å². The Balaban J connectivity index is 1.90. The molecule has 3 aromatic heterocycles. The summed E-state index contributed by atoms with van der Waals surface area (Å²) in [6, 6.07) is 6.96. The highest BCUT2D eigenvalue weighted by Gasteiger charge is 2.28. The lowest BCUT2D eigenvalue weighted by Crippen LogP contribution is -3.12. The SMILES string of the molecule is C[n+]1c(N)c(C(=O)N2CC[NH+](C)CC2)cc2c(=O)n3ccccc3nc21. The molecule has 0 saturated carbocycles. The van der Waals surface area contributed by atoms with Crippen molar-refractivity contribution in [1.82, 2.24) is 14.3 Å². The number of carbonyl (C=O) groups is 1. The van der Waals surface area contributed by atoms with E-state index in [9.17, 15) is 9.59 Å². The summed E-state index contributed by atoms with van der Waals surface area (Å²) < 4.78 is 3.10. The van der Waals surface area contributed by atoms with Crippen LogP contribution in [0.2, 0.25) is 0 Å². The molecule has 1 amide bonds. The topological polar surface area (TPSA) is 89.0 Å². The molecule has 8 heteroatoms. The number of hydrogen-bond acceptors (Lipinski definition) is 4. The summed E-state index contributed by atoms with van der Waals surface area (Å²) in [7, 11) is 3.85. The zero-order valence-electron chi connectivity index (χ0n) is 14.9. The highest BCUT2D eigenvalue weighted by atomic mass is 16.2.